The maximum absolute atomic E-state index is 13.9. The molecule has 112 valence electrons. The van der Waals surface area contributed by atoms with Crippen LogP contribution in [0.25, 0.3) is 0 Å². The van der Waals surface area contributed by atoms with Gasteiger partial charge in [-0.2, -0.15) is 0 Å². The van der Waals surface area contributed by atoms with E-state index in [-0.39, 0.29) is 11.9 Å². The Balaban J connectivity index is 1.76. The molecule has 20 heavy (non-hydrogen) atoms. The van der Waals surface area contributed by atoms with Gasteiger partial charge in [0.25, 0.3) is 0 Å². The second-order valence-corrected chi connectivity index (χ2v) is 5.52. The lowest BCUT2D eigenvalue weighted by atomic mass is 9.83. The van der Waals surface area contributed by atoms with Crippen molar-refractivity contribution in [3.05, 3.63) is 17.8 Å². The number of hydrogen-bond acceptors (Lipinski definition) is 4. The number of rotatable bonds is 6. The minimum Gasteiger partial charge on any atom is -0.393 e. The van der Waals surface area contributed by atoms with Crippen LogP contribution in [0.15, 0.2) is 6.33 Å². The second-order valence-electron chi connectivity index (χ2n) is 5.52. The average Bonchev–Trinajstić information content (AvgIpc) is 2.47. The summed E-state index contributed by atoms with van der Waals surface area (Å²) in [4.78, 5) is 7.85. The molecule has 1 heterocycles. The lowest BCUT2D eigenvalue weighted by Gasteiger charge is -2.27. The Morgan fingerprint density at radius 1 is 1.35 bits per heavy atom. The Bertz CT molecular complexity index is 428. The maximum atomic E-state index is 13.9. The molecule has 0 spiro atoms. The second kappa shape index (κ2) is 7.53. The molecule has 2 rings (SSSR count). The van der Waals surface area contributed by atoms with Crippen molar-refractivity contribution in [1.82, 2.24) is 9.97 Å². The Hall–Kier alpha value is -1.23. The number of hydrogen-bond donors (Lipinski definition) is 2. The van der Waals surface area contributed by atoms with E-state index < -0.39 is 0 Å². The van der Waals surface area contributed by atoms with Gasteiger partial charge >= 0.3 is 0 Å². The van der Waals surface area contributed by atoms with Crippen molar-refractivity contribution in [2.75, 3.05) is 11.9 Å². The molecule has 1 aromatic heterocycles. The summed E-state index contributed by atoms with van der Waals surface area (Å²) in [5, 5.41) is 12.9. The highest BCUT2D eigenvalue weighted by atomic mass is 19.1. The fraction of sp³-hybridized carbons (Fsp3) is 0.733. The van der Waals surface area contributed by atoms with E-state index in [1.807, 2.05) is 6.92 Å². The van der Waals surface area contributed by atoms with Crippen molar-refractivity contribution in [3.8, 4) is 0 Å². The summed E-state index contributed by atoms with van der Waals surface area (Å²) >= 11 is 0. The van der Waals surface area contributed by atoms with Gasteiger partial charge in [-0.15, -0.1) is 0 Å². The average molecular weight is 281 g/mol. The number of nitrogens with one attached hydrogen (secondary N) is 1. The maximum Gasteiger partial charge on any atom is 0.186 e. The topological polar surface area (TPSA) is 58.0 Å². The van der Waals surface area contributed by atoms with Crippen LogP contribution in [0, 0.1) is 11.7 Å². The standard InChI is InChI=1S/C15H24FN3O/c1-2-12-14(16)15(19-10-18-12)17-9-5-7-11-6-3-4-8-13(11)20/h10-11,13,20H,2-9H2,1H3,(H,17,18,19). The van der Waals surface area contributed by atoms with Crippen LogP contribution < -0.4 is 5.32 Å². The van der Waals surface area contributed by atoms with E-state index >= 15 is 0 Å². The molecule has 0 amide bonds. The molecular weight excluding hydrogens is 257 g/mol. The minimum atomic E-state index is -0.340. The number of aromatic nitrogens is 2. The quantitative estimate of drug-likeness (QED) is 0.787. The summed E-state index contributed by atoms with van der Waals surface area (Å²) in [6.45, 7) is 2.56. The smallest absolute Gasteiger partial charge is 0.186 e. The molecule has 1 aliphatic carbocycles. The molecule has 4 nitrogen and oxygen atoms in total. The van der Waals surface area contributed by atoms with Crippen molar-refractivity contribution in [1.29, 1.82) is 0 Å². The van der Waals surface area contributed by atoms with Crippen LogP contribution in [0.1, 0.15) is 51.1 Å². The van der Waals surface area contributed by atoms with Gasteiger partial charge < -0.3 is 10.4 Å². The first-order chi connectivity index (χ1) is 9.72. The highest BCUT2D eigenvalue weighted by Gasteiger charge is 2.22. The highest BCUT2D eigenvalue weighted by molar-refractivity contribution is 5.37. The first-order valence-corrected chi connectivity index (χ1v) is 7.63. The van der Waals surface area contributed by atoms with E-state index in [1.165, 1.54) is 12.7 Å². The molecule has 0 aromatic carbocycles. The van der Waals surface area contributed by atoms with Crippen LogP contribution in [0.5, 0.6) is 0 Å². The molecule has 2 N–H and O–H groups in total. The van der Waals surface area contributed by atoms with Crippen molar-refractivity contribution < 1.29 is 9.50 Å². The number of anilines is 1. The predicted molar refractivity (Wildman–Crippen MR) is 77.1 cm³/mol. The summed E-state index contributed by atoms with van der Waals surface area (Å²) < 4.78 is 13.9. The third-order valence-electron chi connectivity index (χ3n) is 4.11. The first-order valence-electron chi connectivity index (χ1n) is 7.63. The zero-order valence-corrected chi connectivity index (χ0v) is 12.1. The van der Waals surface area contributed by atoms with Crippen LogP contribution in [-0.4, -0.2) is 27.7 Å². The molecule has 0 aliphatic heterocycles. The number of halogens is 1. The number of aliphatic hydroxyl groups is 1. The van der Waals surface area contributed by atoms with Crippen LogP contribution in [0.3, 0.4) is 0 Å². The van der Waals surface area contributed by atoms with Crippen LogP contribution in [-0.2, 0) is 6.42 Å². The molecule has 0 bridgehead atoms. The zero-order valence-electron chi connectivity index (χ0n) is 12.1. The van der Waals surface area contributed by atoms with Crippen molar-refractivity contribution in [3.63, 3.8) is 0 Å². The van der Waals surface area contributed by atoms with Gasteiger partial charge in [0.05, 0.1) is 11.8 Å². The van der Waals surface area contributed by atoms with Gasteiger partial charge in [-0.25, -0.2) is 14.4 Å². The predicted octanol–water partition coefficient (Wildman–Crippen LogP) is 2.92. The van der Waals surface area contributed by atoms with Crippen molar-refractivity contribution >= 4 is 5.82 Å². The molecule has 1 fully saturated rings. The molecule has 5 heteroatoms. The molecule has 1 saturated carbocycles. The minimum absolute atomic E-state index is 0.147. The number of nitrogens with zero attached hydrogens (tertiary/aromatic N) is 2. The van der Waals surface area contributed by atoms with E-state index in [1.54, 1.807) is 0 Å². The third kappa shape index (κ3) is 3.88. The van der Waals surface area contributed by atoms with Crippen LogP contribution >= 0.6 is 0 Å². The Kier molecular flexibility index (Phi) is 5.71. The van der Waals surface area contributed by atoms with Gasteiger partial charge in [0.2, 0.25) is 0 Å². The van der Waals surface area contributed by atoms with Crippen LogP contribution in [0.2, 0.25) is 0 Å². The van der Waals surface area contributed by atoms with Gasteiger partial charge in [-0.05, 0) is 38.0 Å². The van der Waals surface area contributed by atoms with E-state index in [2.05, 4.69) is 15.3 Å². The van der Waals surface area contributed by atoms with Crippen molar-refractivity contribution in [2.24, 2.45) is 5.92 Å². The van der Waals surface area contributed by atoms with E-state index in [0.29, 0.717) is 30.4 Å². The third-order valence-corrected chi connectivity index (χ3v) is 4.11. The van der Waals surface area contributed by atoms with Gasteiger partial charge in [-0.3, -0.25) is 0 Å². The SMILES string of the molecule is CCc1ncnc(NCCCC2CCCCC2O)c1F. The Morgan fingerprint density at radius 2 is 2.15 bits per heavy atom. The summed E-state index contributed by atoms with van der Waals surface area (Å²) in [6, 6.07) is 0. The molecule has 2 atom stereocenters. The fourth-order valence-corrected chi connectivity index (χ4v) is 2.87. The summed E-state index contributed by atoms with van der Waals surface area (Å²) in [6.07, 6.45) is 8.13. The molecular formula is C15H24FN3O. The lowest BCUT2D eigenvalue weighted by Crippen LogP contribution is -2.24. The largest absolute Gasteiger partial charge is 0.393 e. The van der Waals surface area contributed by atoms with Crippen molar-refractivity contribution in [2.45, 2.75) is 58.0 Å². The molecule has 2 unspecified atom stereocenters. The lowest BCUT2D eigenvalue weighted by molar-refractivity contribution is 0.0648. The molecule has 0 radical (unpaired) electrons. The Labute approximate surface area is 119 Å². The van der Waals surface area contributed by atoms with E-state index in [9.17, 15) is 9.50 Å². The summed E-state index contributed by atoms with van der Waals surface area (Å²) in [5.41, 5.74) is 0.449. The monoisotopic (exact) mass is 281 g/mol. The van der Waals surface area contributed by atoms with Gasteiger partial charge in [0, 0.05) is 6.54 Å². The van der Waals surface area contributed by atoms with Crippen LogP contribution in [0.4, 0.5) is 10.2 Å². The van der Waals surface area contributed by atoms with Gasteiger partial charge in [0.1, 0.15) is 6.33 Å². The zero-order chi connectivity index (χ0) is 14.4. The molecule has 0 saturated heterocycles. The fourth-order valence-electron chi connectivity index (χ4n) is 2.87. The Morgan fingerprint density at radius 3 is 2.90 bits per heavy atom. The first kappa shape index (κ1) is 15.2. The molecule has 1 aliphatic rings. The summed E-state index contributed by atoms with van der Waals surface area (Å²) in [7, 11) is 0. The molecule has 1 aromatic rings. The highest BCUT2D eigenvalue weighted by Crippen LogP contribution is 2.27. The number of aryl methyl sites for hydroxylation is 1. The van der Waals surface area contributed by atoms with E-state index in [4.69, 9.17) is 0 Å². The number of aliphatic hydroxyl groups excluding tert-OH is 1. The van der Waals surface area contributed by atoms with Gasteiger partial charge in [-0.1, -0.05) is 19.8 Å². The van der Waals surface area contributed by atoms with E-state index in [0.717, 1.165) is 32.1 Å². The normalized spacial score (nSPS) is 22.8. The summed E-state index contributed by atoms with van der Waals surface area (Å²) in [5.74, 6) is 0.362. The van der Waals surface area contributed by atoms with Gasteiger partial charge in [0.15, 0.2) is 11.6 Å².